The Morgan fingerprint density at radius 3 is 2.04 bits per heavy atom. The van der Waals surface area contributed by atoms with Gasteiger partial charge in [-0.2, -0.15) is 0 Å². The Morgan fingerprint density at radius 2 is 1.48 bits per heavy atom. The van der Waals surface area contributed by atoms with Crippen molar-refractivity contribution < 1.29 is 23.5 Å². The molecule has 0 heterocycles. The molecule has 0 atom stereocenters. The van der Waals surface area contributed by atoms with Gasteiger partial charge in [-0.1, -0.05) is 12.1 Å². The third-order valence-electron chi connectivity index (χ3n) is 3.36. The highest BCUT2D eigenvalue weighted by molar-refractivity contribution is 5.83. The Bertz CT molecular complexity index is 764. The second-order valence-electron chi connectivity index (χ2n) is 5.38. The van der Waals surface area contributed by atoms with Gasteiger partial charge in [-0.3, -0.25) is 20.4 Å². The molecule has 2 N–H and O–H groups in total. The number of hydrazine groups is 1. The van der Waals surface area contributed by atoms with Crippen LogP contribution in [0.4, 0.5) is 4.39 Å². The maximum absolute atomic E-state index is 13.0. The predicted molar refractivity (Wildman–Crippen MR) is 89.6 cm³/mol. The number of hydrogen-bond acceptors (Lipinski definition) is 4. The van der Waals surface area contributed by atoms with Gasteiger partial charge in [0.1, 0.15) is 17.3 Å². The summed E-state index contributed by atoms with van der Waals surface area (Å²) in [5, 5.41) is 0. The molecule has 2 rings (SSSR count). The number of carbonyl (C=O) groups is 2. The zero-order chi connectivity index (χ0) is 18.2. The standard InChI is InChI=1S/C18H19FN2O4/c1-12-6-7-16(8-13(12)2)25-11-18(23)21-20-17(22)10-24-15-5-3-4-14(19)9-15/h3-9H,10-11H2,1-2H3,(H,20,22)(H,21,23). The van der Waals surface area contributed by atoms with Crippen molar-refractivity contribution in [2.75, 3.05) is 13.2 Å². The summed E-state index contributed by atoms with van der Waals surface area (Å²) in [6.45, 7) is 3.32. The van der Waals surface area contributed by atoms with Crippen molar-refractivity contribution in [2.24, 2.45) is 0 Å². The molecule has 6 nitrogen and oxygen atoms in total. The molecule has 132 valence electrons. The second kappa shape index (κ2) is 8.68. The molecule has 2 aromatic carbocycles. The minimum atomic E-state index is -0.580. The van der Waals surface area contributed by atoms with Crippen molar-refractivity contribution in [1.82, 2.24) is 10.9 Å². The average Bonchev–Trinajstić information content (AvgIpc) is 2.59. The summed E-state index contributed by atoms with van der Waals surface area (Å²) in [4.78, 5) is 23.2. The number of benzene rings is 2. The van der Waals surface area contributed by atoms with E-state index < -0.39 is 17.6 Å². The highest BCUT2D eigenvalue weighted by Gasteiger charge is 2.07. The molecule has 0 aliphatic rings. The van der Waals surface area contributed by atoms with Gasteiger partial charge >= 0.3 is 0 Å². The summed E-state index contributed by atoms with van der Waals surface area (Å²) in [5.74, 6) is -0.769. The Kier molecular flexibility index (Phi) is 6.33. The van der Waals surface area contributed by atoms with Gasteiger partial charge in [0.25, 0.3) is 11.8 Å². The summed E-state index contributed by atoms with van der Waals surface area (Å²) in [5.41, 5.74) is 6.58. The lowest BCUT2D eigenvalue weighted by Gasteiger charge is -2.10. The third kappa shape index (κ3) is 6.14. The first kappa shape index (κ1) is 18.3. The average molecular weight is 346 g/mol. The van der Waals surface area contributed by atoms with Crippen LogP contribution < -0.4 is 20.3 Å². The fourth-order valence-corrected chi connectivity index (χ4v) is 1.87. The number of carbonyl (C=O) groups excluding carboxylic acids is 2. The molecule has 0 aromatic heterocycles. The van der Waals surface area contributed by atoms with E-state index in [9.17, 15) is 14.0 Å². The van der Waals surface area contributed by atoms with E-state index in [1.165, 1.54) is 18.2 Å². The van der Waals surface area contributed by atoms with Crippen LogP contribution >= 0.6 is 0 Å². The van der Waals surface area contributed by atoms with E-state index in [1.807, 2.05) is 26.0 Å². The highest BCUT2D eigenvalue weighted by Crippen LogP contribution is 2.16. The molecular formula is C18H19FN2O4. The maximum atomic E-state index is 13.0. The van der Waals surface area contributed by atoms with Crippen LogP contribution in [0.1, 0.15) is 11.1 Å². The molecule has 2 aromatic rings. The van der Waals surface area contributed by atoms with Crippen molar-refractivity contribution in [1.29, 1.82) is 0 Å². The van der Waals surface area contributed by atoms with E-state index in [1.54, 1.807) is 6.07 Å². The van der Waals surface area contributed by atoms with Crippen LogP contribution in [0.5, 0.6) is 11.5 Å². The zero-order valence-electron chi connectivity index (χ0n) is 14.0. The minimum absolute atomic E-state index is 0.222. The number of ether oxygens (including phenoxy) is 2. The largest absolute Gasteiger partial charge is 0.484 e. The summed E-state index contributed by atoms with van der Waals surface area (Å²) in [6.07, 6.45) is 0. The summed E-state index contributed by atoms with van der Waals surface area (Å²) < 4.78 is 23.4. The molecule has 25 heavy (non-hydrogen) atoms. The second-order valence-corrected chi connectivity index (χ2v) is 5.38. The van der Waals surface area contributed by atoms with Crippen LogP contribution in [0.3, 0.4) is 0 Å². The summed E-state index contributed by atoms with van der Waals surface area (Å²) in [7, 11) is 0. The lowest BCUT2D eigenvalue weighted by Crippen LogP contribution is -2.45. The number of amides is 2. The van der Waals surface area contributed by atoms with Gasteiger partial charge in [0, 0.05) is 6.07 Å². The van der Waals surface area contributed by atoms with Crippen LogP contribution in [0.15, 0.2) is 42.5 Å². The van der Waals surface area contributed by atoms with Crippen LogP contribution in [-0.4, -0.2) is 25.0 Å². The monoisotopic (exact) mass is 346 g/mol. The number of halogens is 1. The summed E-state index contributed by atoms with van der Waals surface area (Å²) in [6, 6.07) is 10.9. The zero-order valence-corrected chi connectivity index (χ0v) is 14.0. The molecule has 0 fully saturated rings. The Labute approximate surface area is 144 Å². The van der Waals surface area contributed by atoms with Gasteiger partial charge in [-0.25, -0.2) is 4.39 Å². The number of hydrogen-bond donors (Lipinski definition) is 2. The van der Waals surface area contributed by atoms with E-state index in [2.05, 4.69) is 10.9 Å². The van der Waals surface area contributed by atoms with E-state index >= 15 is 0 Å². The molecule has 0 aliphatic heterocycles. The maximum Gasteiger partial charge on any atom is 0.276 e. The third-order valence-corrected chi connectivity index (χ3v) is 3.36. The van der Waals surface area contributed by atoms with Crippen molar-refractivity contribution >= 4 is 11.8 Å². The lowest BCUT2D eigenvalue weighted by atomic mass is 10.1. The van der Waals surface area contributed by atoms with Crippen LogP contribution in [0.25, 0.3) is 0 Å². The SMILES string of the molecule is Cc1ccc(OCC(=O)NNC(=O)COc2cccc(F)c2)cc1C. The van der Waals surface area contributed by atoms with E-state index in [-0.39, 0.29) is 19.0 Å². The highest BCUT2D eigenvalue weighted by atomic mass is 19.1. The van der Waals surface area contributed by atoms with Gasteiger partial charge in [-0.05, 0) is 49.2 Å². The van der Waals surface area contributed by atoms with Crippen molar-refractivity contribution in [2.45, 2.75) is 13.8 Å². The number of nitrogens with one attached hydrogen (secondary N) is 2. The Balaban J connectivity index is 1.68. The molecule has 0 aliphatic carbocycles. The molecule has 2 amide bonds. The first-order valence-electron chi connectivity index (χ1n) is 7.60. The fourth-order valence-electron chi connectivity index (χ4n) is 1.87. The first-order valence-corrected chi connectivity index (χ1v) is 7.60. The number of aryl methyl sites for hydroxylation is 2. The summed E-state index contributed by atoms with van der Waals surface area (Å²) >= 11 is 0. The van der Waals surface area contributed by atoms with Gasteiger partial charge < -0.3 is 9.47 Å². The van der Waals surface area contributed by atoms with E-state index in [0.29, 0.717) is 5.75 Å². The van der Waals surface area contributed by atoms with Gasteiger partial charge in [0.15, 0.2) is 13.2 Å². The molecule has 0 spiro atoms. The smallest absolute Gasteiger partial charge is 0.276 e. The molecule has 0 bridgehead atoms. The molecule has 0 unspecified atom stereocenters. The van der Waals surface area contributed by atoms with E-state index in [4.69, 9.17) is 9.47 Å². The molecular weight excluding hydrogens is 327 g/mol. The normalized spacial score (nSPS) is 10.0. The Hall–Kier alpha value is -3.09. The topological polar surface area (TPSA) is 76.7 Å². The van der Waals surface area contributed by atoms with Crippen LogP contribution in [0.2, 0.25) is 0 Å². The van der Waals surface area contributed by atoms with Gasteiger partial charge in [0.05, 0.1) is 0 Å². The quantitative estimate of drug-likeness (QED) is 0.785. The lowest BCUT2D eigenvalue weighted by molar-refractivity contribution is -0.131. The molecule has 0 radical (unpaired) electrons. The van der Waals surface area contributed by atoms with Gasteiger partial charge in [-0.15, -0.1) is 0 Å². The van der Waals surface area contributed by atoms with Crippen molar-refractivity contribution in [3.05, 3.63) is 59.4 Å². The van der Waals surface area contributed by atoms with Crippen LogP contribution in [0, 0.1) is 19.7 Å². The van der Waals surface area contributed by atoms with Crippen LogP contribution in [-0.2, 0) is 9.59 Å². The Morgan fingerprint density at radius 1 is 0.880 bits per heavy atom. The van der Waals surface area contributed by atoms with Gasteiger partial charge in [0.2, 0.25) is 0 Å². The van der Waals surface area contributed by atoms with E-state index in [0.717, 1.165) is 17.2 Å². The molecule has 0 saturated heterocycles. The number of rotatable bonds is 6. The molecule has 7 heteroatoms. The van der Waals surface area contributed by atoms with Crippen molar-refractivity contribution in [3.63, 3.8) is 0 Å². The first-order chi connectivity index (χ1) is 11.9. The fraction of sp³-hybridized carbons (Fsp3) is 0.222. The predicted octanol–water partition coefficient (Wildman–Crippen LogP) is 2.05. The minimum Gasteiger partial charge on any atom is -0.484 e. The molecule has 0 saturated carbocycles. The van der Waals surface area contributed by atoms with Crippen molar-refractivity contribution in [3.8, 4) is 11.5 Å².